The number of aromatic nitrogens is 3. The maximum Gasteiger partial charge on any atom is 0.258 e. The molecule has 0 radical (unpaired) electrons. The van der Waals surface area contributed by atoms with Crippen molar-refractivity contribution in [2.75, 3.05) is 0 Å². The second kappa shape index (κ2) is 6.80. The minimum absolute atomic E-state index is 0.211. The van der Waals surface area contributed by atoms with Crippen LogP contribution in [0.1, 0.15) is 11.4 Å². The van der Waals surface area contributed by atoms with Gasteiger partial charge in [0, 0.05) is 22.7 Å². The molecule has 0 amide bonds. The third-order valence-electron chi connectivity index (χ3n) is 4.08. The number of halogens is 2. The lowest BCUT2D eigenvalue weighted by molar-refractivity contribution is 0.628. The summed E-state index contributed by atoms with van der Waals surface area (Å²) in [7, 11) is 0. The van der Waals surface area contributed by atoms with Crippen molar-refractivity contribution in [1.82, 2.24) is 15.0 Å². The molecular weight excluding hydrogens is 397 g/mol. The fourth-order valence-electron chi connectivity index (χ4n) is 2.85. The predicted octanol–water partition coefficient (Wildman–Crippen LogP) is 4.48. The first kappa shape index (κ1) is 16.6. The maximum absolute atomic E-state index is 14.5. The summed E-state index contributed by atoms with van der Waals surface area (Å²) < 4.78 is 15.2. The van der Waals surface area contributed by atoms with E-state index in [2.05, 4.69) is 30.9 Å². The van der Waals surface area contributed by atoms with Gasteiger partial charge in [-0.15, -0.1) is 0 Å². The molecule has 26 heavy (non-hydrogen) atoms. The van der Waals surface area contributed by atoms with Crippen LogP contribution in [0.5, 0.6) is 0 Å². The number of hydrogen-bond acceptors (Lipinski definition) is 3. The summed E-state index contributed by atoms with van der Waals surface area (Å²) in [5.41, 5.74) is 2.13. The Morgan fingerprint density at radius 3 is 2.73 bits per heavy atom. The van der Waals surface area contributed by atoms with Gasteiger partial charge in [0.15, 0.2) is 0 Å². The summed E-state index contributed by atoms with van der Waals surface area (Å²) >= 11 is 3.42. The average molecular weight is 410 g/mol. The summed E-state index contributed by atoms with van der Waals surface area (Å²) in [6, 6.07) is 15.7. The van der Waals surface area contributed by atoms with Gasteiger partial charge in [-0.25, -0.2) is 9.37 Å². The van der Waals surface area contributed by atoms with E-state index < -0.39 is 0 Å². The van der Waals surface area contributed by atoms with Crippen LogP contribution in [0.3, 0.4) is 0 Å². The van der Waals surface area contributed by atoms with Crippen LogP contribution in [0.15, 0.2) is 70.1 Å². The van der Waals surface area contributed by atoms with Crippen molar-refractivity contribution in [3.8, 4) is 11.3 Å². The van der Waals surface area contributed by atoms with Crippen LogP contribution in [0.4, 0.5) is 4.39 Å². The number of aromatic amines is 1. The molecule has 0 spiro atoms. The Kier molecular flexibility index (Phi) is 4.34. The van der Waals surface area contributed by atoms with Crippen molar-refractivity contribution in [1.29, 1.82) is 0 Å². The Morgan fingerprint density at radius 1 is 1.08 bits per heavy atom. The van der Waals surface area contributed by atoms with E-state index >= 15 is 0 Å². The monoisotopic (exact) mass is 409 g/mol. The molecule has 1 N–H and O–H groups in total. The Labute approximate surface area is 156 Å². The van der Waals surface area contributed by atoms with Gasteiger partial charge in [0.25, 0.3) is 5.56 Å². The zero-order valence-electron chi connectivity index (χ0n) is 13.5. The topological polar surface area (TPSA) is 58.6 Å². The lowest BCUT2D eigenvalue weighted by atomic mass is 10.1. The standard InChI is InChI=1S/C20H13BrFN3O/c21-15-5-3-4-14-19(15)24-18(25-20(14)26)11-12-7-8-13(16(22)10-12)17-6-1-2-9-23-17/h1-10H,11H2,(H,24,25,26). The first-order chi connectivity index (χ1) is 12.6. The molecule has 2 aromatic carbocycles. The van der Waals surface area contributed by atoms with E-state index in [9.17, 15) is 9.18 Å². The normalized spacial score (nSPS) is 11.0. The number of H-pyrrole nitrogens is 1. The molecule has 4 rings (SSSR count). The van der Waals surface area contributed by atoms with Crippen molar-refractivity contribution < 1.29 is 4.39 Å². The van der Waals surface area contributed by atoms with E-state index in [1.165, 1.54) is 6.07 Å². The number of para-hydroxylation sites is 1. The summed E-state index contributed by atoms with van der Waals surface area (Å²) in [5, 5.41) is 0.514. The highest BCUT2D eigenvalue weighted by atomic mass is 79.9. The van der Waals surface area contributed by atoms with E-state index in [0.717, 1.165) is 10.0 Å². The molecule has 4 nitrogen and oxygen atoms in total. The third kappa shape index (κ3) is 3.15. The van der Waals surface area contributed by atoms with Gasteiger partial charge in [-0.3, -0.25) is 9.78 Å². The molecule has 0 bridgehead atoms. The van der Waals surface area contributed by atoms with Crippen molar-refractivity contribution in [3.63, 3.8) is 0 Å². The first-order valence-corrected chi connectivity index (χ1v) is 8.78. The number of fused-ring (bicyclic) bond motifs is 1. The SMILES string of the molecule is O=c1[nH]c(Cc2ccc(-c3ccccn3)c(F)c2)nc2c(Br)cccc12. The van der Waals surface area contributed by atoms with Crippen LogP contribution in [-0.2, 0) is 6.42 Å². The zero-order valence-corrected chi connectivity index (χ0v) is 15.1. The van der Waals surface area contributed by atoms with Gasteiger partial charge in [0.2, 0.25) is 0 Å². The summed E-state index contributed by atoms with van der Waals surface area (Å²) in [5.74, 6) is 0.130. The largest absolute Gasteiger partial charge is 0.310 e. The second-order valence-corrected chi connectivity index (χ2v) is 6.71. The van der Waals surface area contributed by atoms with Crippen LogP contribution in [0.2, 0.25) is 0 Å². The minimum atomic E-state index is -0.356. The fourth-order valence-corrected chi connectivity index (χ4v) is 3.30. The van der Waals surface area contributed by atoms with Crippen molar-refractivity contribution >= 4 is 26.8 Å². The first-order valence-electron chi connectivity index (χ1n) is 7.99. The lowest BCUT2D eigenvalue weighted by Gasteiger charge is -2.07. The molecule has 0 saturated carbocycles. The Balaban J connectivity index is 1.70. The number of hydrogen-bond donors (Lipinski definition) is 1. The van der Waals surface area contributed by atoms with Gasteiger partial charge in [0.05, 0.1) is 16.6 Å². The van der Waals surface area contributed by atoms with Crippen molar-refractivity contribution in [3.05, 3.63) is 92.8 Å². The van der Waals surface area contributed by atoms with Crippen molar-refractivity contribution in [2.45, 2.75) is 6.42 Å². The van der Waals surface area contributed by atoms with Gasteiger partial charge >= 0.3 is 0 Å². The number of pyridine rings is 1. The minimum Gasteiger partial charge on any atom is -0.310 e. The van der Waals surface area contributed by atoms with E-state index in [4.69, 9.17) is 0 Å². The summed E-state index contributed by atoms with van der Waals surface area (Å²) in [6.45, 7) is 0. The van der Waals surface area contributed by atoms with E-state index in [1.54, 1.807) is 36.5 Å². The molecule has 0 fully saturated rings. The molecule has 2 heterocycles. The molecule has 0 atom stereocenters. The second-order valence-electron chi connectivity index (χ2n) is 5.85. The molecule has 0 unspecified atom stereocenters. The van der Waals surface area contributed by atoms with E-state index in [1.807, 2.05) is 18.2 Å². The van der Waals surface area contributed by atoms with Gasteiger partial charge in [0.1, 0.15) is 11.6 Å². The maximum atomic E-state index is 14.5. The Morgan fingerprint density at radius 2 is 1.96 bits per heavy atom. The van der Waals surface area contributed by atoms with Crippen LogP contribution in [0, 0.1) is 5.82 Å². The summed E-state index contributed by atoms with van der Waals surface area (Å²) in [6.07, 6.45) is 1.95. The fraction of sp³-hybridized carbons (Fsp3) is 0.0500. The van der Waals surface area contributed by atoms with Gasteiger partial charge in [-0.1, -0.05) is 18.2 Å². The molecule has 4 aromatic rings. The molecule has 0 aliphatic rings. The molecule has 2 aromatic heterocycles. The van der Waals surface area contributed by atoms with Gasteiger partial charge < -0.3 is 4.98 Å². The highest BCUT2D eigenvalue weighted by Crippen LogP contribution is 2.23. The van der Waals surface area contributed by atoms with Crippen LogP contribution < -0.4 is 5.56 Å². The molecular formula is C20H13BrFN3O. The van der Waals surface area contributed by atoms with Gasteiger partial charge in [-0.05, 0) is 57.9 Å². The van der Waals surface area contributed by atoms with Gasteiger partial charge in [-0.2, -0.15) is 0 Å². The molecule has 128 valence electrons. The molecule has 0 saturated heterocycles. The lowest BCUT2D eigenvalue weighted by Crippen LogP contribution is -2.12. The Bertz CT molecular complexity index is 1160. The van der Waals surface area contributed by atoms with Crippen LogP contribution >= 0.6 is 15.9 Å². The molecule has 0 aliphatic carbocycles. The van der Waals surface area contributed by atoms with Crippen LogP contribution in [0.25, 0.3) is 22.2 Å². The third-order valence-corrected chi connectivity index (χ3v) is 4.72. The number of nitrogens with one attached hydrogen (secondary N) is 1. The van der Waals surface area contributed by atoms with Crippen LogP contribution in [-0.4, -0.2) is 15.0 Å². The number of benzene rings is 2. The van der Waals surface area contributed by atoms with E-state index in [-0.39, 0.29) is 11.4 Å². The predicted molar refractivity (Wildman–Crippen MR) is 103 cm³/mol. The highest BCUT2D eigenvalue weighted by Gasteiger charge is 2.10. The number of nitrogens with zero attached hydrogens (tertiary/aromatic N) is 2. The average Bonchev–Trinajstić information content (AvgIpc) is 2.64. The molecule has 6 heteroatoms. The highest BCUT2D eigenvalue weighted by molar-refractivity contribution is 9.10. The zero-order chi connectivity index (χ0) is 18.1. The quantitative estimate of drug-likeness (QED) is 0.542. The number of rotatable bonds is 3. The smallest absolute Gasteiger partial charge is 0.258 e. The van der Waals surface area contributed by atoms with E-state index in [0.29, 0.717) is 34.4 Å². The van der Waals surface area contributed by atoms with Crippen molar-refractivity contribution in [2.24, 2.45) is 0 Å². The Hall–Kier alpha value is -2.86. The summed E-state index contributed by atoms with van der Waals surface area (Å²) in [4.78, 5) is 23.7. The molecule has 0 aliphatic heterocycles.